The average molecular weight is 229 g/mol. The van der Waals surface area contributed by atoms with Crippen molar-refractivity contribution < 1.29 is 19.0 Å². The van der Waals surface area contributed by atoms with Gasteiger partial charge in [-0.2, -0.15) is 0 Å². The predicted molar refractivity (Wildman–Crippen MR) is 56.9 cm³/mol. The molecule has 0 saturated carbocycles. The Balaban J connectivity index is 1.76. The van der Waals surface area contributed by atoms with Crippen LogP contribution in [0.1, 0.15) is 25.7 Å². The van der Waals surface area contributed by atoms with Crippen molar-refractivity contribution in [1.82, 2.24) is 5.32 Å². The summed E-state index contributed by atoms with van der Waals surface area (Å²) in [5.41, 5.74) is 0. The van der Waals surface area contributed by atoms with Gasteiger partial charge >= 0.3 is 5.97 Å². The highest BCUT2D eigenvalue weighted by Gasteiger charge is 2.34. The van der Waals surface area contributed by atoms with E-state index in [0.29, 0.717) is 6.61 Å². The van der Waals surface area contributed by atoms with Gasteiger partial charge in [0.2, 0.25) is 0 Å². The minimum absolute atomic E-state index is 0.152. The highest BCUT2D eigenvalue weighted by Crippen LogP contribution is 2.22. The van der Waals surface area contributed by atoms with Crippen LogP contribution in [0.15, 0.2) is 0 Å². The van der Waals surface area contributed by atoms with E-state index >= 15 is 0 Å². The van der Waals surface area contributed by atoms with Crippen LogP contribution in [0, 0.1) is 0 Å². The number of ether oxygens (including phenoxy) is 3. The molecular weight excluding hydrogens is 210 g/mol. The molecule has 0 amide bonds. The summed E-state index contributed by atoms with van der Waals surface area (Å²) < 4.78 is 15.8. The van der Waals surface area contributed by atoms with Crippen molar-refractivity contribution in [3.05, 3.63) is 0 Å². The number of carbonyl (C=O) groups excluding carboxylic acids is 1. The van der Waals surface area contributed by atoms with Gasteiger partial charge in [-0.3, -0.25) is 4.79 Å². The first-order chi connectivity index (χ1) is 7.79. The van der Waals surface area contributed by atoms with Gasteiger partial charge in [0.15, 0.2) is 6.29 Å². The third-order valence-corrected chi connectivity index (χ3v) is 3.07. The Morgan fingerprint density at radius 3 is 3.06 bits per heavy atom. The van der Waals surface area contributed by atoms with E-state index in [4.69, 9.17) is 9.47 Å². The van der Waals surface area contributed by atoms with E-state index in [1.807, 2.05) is 0 Å². The molecule has 2 rings (SSSR count). The number of carbonyl (C=O) groups is 1. The molecule has 0 radical (unpaired) electrons. The molecule has 2 heterocycles. The highest BCUT2D eigenvalue weighted by atomic mass is 16.7. The van der Waals surface area contributed by atoms with E-state index in [1.54, 1.807) is 0 Å². The van der Waals surface area contributed by atoms with Gasteiger partial charge < -0.3 is 19.5 Å². The van der Waals surface area contributed by atoms with Crippen LogP contribution in [-0.4, -0.2) is 44.7 Å². The van der Waals surface area contributed by atoms with E-state index in [9.17, 15) is 4.79 Å². The predicted octanol–water partition coefficient (Wildman–Crippen LogP) is 0.433. The smallest absolute Gasteiger partial charge is 0.308 e. The number of piperidine rings is 1. The maximum absolute atomic E-state index is 11.1. The van der Waals surface area contributed by atoms with E-state index < -0.39 is 0 Å². The molecule has 3 atom stereocenters. The molecule has 2 fully saturated rings. The maximum Gasteiger partial charge on any atom is 0.308 e. The number of hydrogen-bond acceptors (Lipinski definition) is 5. The first-order valence-electron chi connectivity index (χ1n) is 5.87. The lowest BCUT2D eigenvalue weighted by atomic mass is 10.0. The molecular formula is C11H19NO4. The summed E-state index contributed by atoms with van der Waals surface area (Å²) in [4.78, 5) is 11.1. The van der Waals surface area contributed by atoms with Crippen molar-refractivity contribution in [2.45, 2.75) is 44.1 Å². The SMILES string of the molecule is COC(=O)CC1COC(C2CCCCN2)O1. The zero-order valence-corrected chi connectivity index (χ0v) is 9.61. The molecule has 16 heavy (non-hydrogen) atoms. The second-order valence-corrected chi connectivity index (χ2v) is 4.30. The maximum atomic E-state index is 11.1. The van der Waals surface area contributed by atoms with E-state index in [-0.39, 0.29) is 30.8 Å². The van der Waals surface area contributed by atoms with Crippen LogP contribution in [0.25, 0.3) is 0 Å². The van der Waals surface area contributed by atoms with E-state index in [0.717, 1.165) is 13.0 Å². The fraction of sp³-hybridized carbons (Fsp3) is 0.909. The lowest BCUT2D eigenvalue weighted by Crippen LogP contribution is -2.43. The quantitative estimate of drug-likeness (QED) is 0.711. The fourth-order valence-electron chi connectivity index (χ4n) is 2.17. The van der Waals surface area contributed by atoms with Crippen LogP contribution in [-0.2, 0) is 19.0 Å². The third-order valence-electron chi connectivity index (χ3n) is 3.07. The Morgan fingerprint density at radius 2 is 2.38 bits per heavy atom. The monoisotopic (exact) mass is 229 g/mol. The van der Waals surface area contributed by atoms with Crippen LogP contribution in [0.4, 0.5) is 0 Å². The molecule has 0 aliphatic carbocycles. The topological polar surface area (TPSA) is 56.8 Å². The molecule has 3 unspecified atom stereocenters. The van der Waals surface area contributed by atoms with Crippen LogP contribution in [0.3, 0.4) is 0 Å². The second-order valence-electron chi connectivity index (χ2n) is 4.30. The highest BCUT2D eigenvalue weighted by molar-refractivity contribution is 5.69. The Labute approximate surface area is 95.4 Å². The Kier molecular flexibility index (Phi) is 4.15. The molecule has 0 aromatic rings. The summed E-state index contributed by atoms with van der Waals surface area (Å²) in [5.74, 6) is -0.245. The van der Waals surface area contributed by atoms with Crippen LogP contribution in [0.5, 0.6) is 0 Å². The molecule has 5 nitrogen and oxygen atoms in total. The van der Waals surface area contributed by atoms with Crippen LogP contribution in [0.2, 0.25) is 0 Å². The van der Waals surface area contributed by atoms with Gasteiger partial charge in [0, 0.05) is 0 Å². The Bertz CT molecular complexity index is 240. The van der Waals surface area contributed by atoms with Gasteiger partial charge in [0.25, 0.3) is 0 Å². The number of methoxy groups -OCH3 is 1. The summed E-state index contributed by atoms with van der Waals surface area (Å²) in [6.45, 7) is 1.51. The van der Waals surface area contributed by atoms with Crippen molar-refractivity contribution in [3.8, 4) is 0 Å². The van der Waals surface area contributed by atoms with E-state index in [1.165, 1.54) is 20.0 Å². The first-order valence-corrected chi connectivity index (χ1v) is 5.87. The van der Waals surface area contributed by atoms with Crippen molar-refractivity contribution in [2.75, 3.05) is 20.3 Å². The molecule has 5 heteroatoms. The minimum atomic E-state index is -0.245. The van der Waals surface area contributed by atoms with Gasteiger partial charge in [-0.05, 0) is 19.4 Å². The summed E-state index contributed by atoms with van der Waals surface area (Å²) in [6.07, 6.45) is 3.43. The normalized spacial score (nSPS) is 34.9. The Hall–Kier alpha value is -0.650. The number of rotatable bonds is 3. The largest absolute Gasteiger partial charge is 0.469 e. The second kappa shape index (κ2) is 5.61. The summed E-state index contributed by atoms with van der Waals surface area (Å²) in [6, 6.07) is 0.274. The van der Waals surface area contributed by atoms with Gasteiger partial charge in [-0.1, -0.05) is 6.42 Å². The van der Waals surface area contributed by atoms with Crippen LogP contribution < -0.4 is 5.32 Å². The van der Waals surface area contributed by atoms with Crippen molar-refractivity contribution >= 4 is 5.97 Å². The number of nitrogens with one attached hydrogen (secondary N) is 1. The zero-order chi connectivity index (χ0) is 11.4. The molecule has 2 aliphatic heterocycles. The van der Waals surface area contributed by atoms with E-state index in [2.05, 4.69) is 10.1 Å². The molecule has 2 aliphatic rings. The number of esters is 1. The standard InChI is InChI=1S/C11H19NO4/c1-14-10(13)6-8-7-15-11(16-8)9-4-2-3-5-12-9/h8-9,11-12H,2-7H2,1H3. The molecule has 0 spiro atoms. The summed E-state index contributed by atoms with van der Waals surface area (Å²) in [5, 5.41) is 3.38. The lowest BCUT2D eigenvalue weighted by Gasteiger charge is -2.27. The molecule has 0 bridgehead atoms. The average Bonchev–Trinajstić information content (AvgIpc) is 2.78. The van der Waals surface area contributed by atoms with Crippen molar-refractivity contribution in [1.29, 1.82) is 0 Å². The molecule has 92 valence electrons. The minimum Gasteiger partial charge on any atom is -0.469 e. The zero-order valence-electron chi connectivity index (χ0n) is 9.61. The lowest BCUT2D eigenvalue weighted by molar-refractivity contribution is -0.144. The molecule has 0 aromatic heterocycles. The molecule has 0 aromatic carbocycles. The summed E-state index contributed by atoms with van der Waals surface area (Å²) in [7, 11) is 1.39. The van der Waals surface area contributed by atoms with Crippen molar-refractivity contribution in [3.63, 3.8) is 0 Å². The van der Waals surface area contributed by atoms with Gasteiger partial charge in [0.1, 0.15) is 0 Å². The van der Waals surface area contributed by atoms with Gasteiger partial charge in [-0.25, -0.2) is 0 Å². The molecule has 1 N–H and O–H groups in total. The van der Waals surface area contributed by atoms with Gasteiger partial charge in [0.05, 0.1) is 32.3 Å². The summed E-state index contributed by atoms with van der Waals surface area (Å²) >= 11 is 0. The molecule has 2 saturated heterocycles. The van der Waals surface area contributed by atoms with Crippen molar-refractivity contribution in [2.24, 2.45) is 0 Å². The third kappa shape index (κ3) is 2.93. The van der Waals surface area contributed by atoms with Crippen LogP contribution >= 0.6 is 0 Å². The van der Waals surface area contributed by atoms with Gasteiger partial charge in [-0.15, -0.1) is 0 Å². The fourth-order valence-corrected chi connectivity index (χ4v) is 2.17. The Morgan fingerprint density at radius 1 is 1.50 bits per heavy atom. The first kappa shape index (κ1) is 11.8. The number of hydrogen-bond donors (Lipinski definition) is 1.